The Labute approximate surface area is 131 Å². The van der Waals surface area contributed by atoms with Gasteiger partial charge in [0.2, 0.25) is 5.91 Å². The summed E-state index contributed by atoms with van der Waals surface area (Å²) in [6, 6.07) is 15.4. The van der Waals surface area contributed by atoms with Crippen molar-refractivity contribution in [1.29, 1.82) is 0 Å². The van der Waals surface area contributed by atoms with E-state index >= 15 is 0 Å². The average Bonchev–Trinajstić information content (AvgIpc) is 2.49. The molecule has 1 atom stereocenters. The lowest BCUT2D eigenvalue weighted by Crippen LogP contribution is -2.14. The first-order chi connectivity index (χ1) is 10.1. The van der Waals surface area contributed by atoms with Crippen LogP contribution in [0.5, 0.6) is 0 Å². The van der Waals surface area contributed by atoms with E-state index in [1.807, 2.05) is 24.3 Å². The van der Waals surface area contributed by atoms with Crippen molar-refractivity contribution in [2.45, 2.75) is 32.6 Å². The van der Waals surface area contributed by atoms with Gasteiger partial charge in [-0.2, -0.15) is 0 Å². The molecule has 1 amide bonds. The van der Waals surface area contributed by atoms with Crippen molar-refractivity contribution in [2.24, 2.45) is 0 Å². The van der Waals surface area contributed by atoms with Gasteiger partial charge in [0.15, 0.2) is 0 Å². The van der Waals surface area contributed by atoms with E-state index in [1.165, 1.54) is 5.56 Å². The molecule has 2 nitrogen and oxygen atoms in total. The average molecular weight is 302 g/mol. The molecule has 0 aliphatic carbocycles. The maximum Gasteiger partial charge on any atom is 0.228 e. The molecule has 3 heteroatoms. The minimum atomic E-state index is -0.0198. The summed E-state index contributed by atoms with van der Waals surface area (Å²) in [5, 5.41) is 3.60. The van der Waals surface area contributed by atoms with Crippen LogP contribution in [0, 0.1) is 0 Å². The first-order valence-corrected chi connectivity index (χ1v) is 7.60. The van der Waals surface area contributed by atoms with Gasteiger partial charge in [-0.1, -0.05) is 49.7 Å². The van der Waals surface area contributed by atoms with E-state index in [1.54, 1.807) is 12.1 Å². The number of anilines is 1. The van der Waals surface area contributed by atoms with E-state index in [0.717, 1.165) is 17.7 Å². The van der Waals surface area contributed by atoms with Gasteiger partial charge in [0.1, 0.15) is 0 Å². The van der Waals surface area contributed by atoms with Crippen molar-refractivity contribution >= 4 is 23.2 Å². The number of hydrogen-bond donors (Lipinski definition) is 1. The zero-order chi connectivity index (χ0) is 15.2. The lowest BCUT2D eigenvalue weighted by molar-refractivity contribution is -0.115. The van der Waals surface area contributed by atoms with Crippen molar-refractivity contribution < 1.29 is 4.79 Å². The lowest BCUT2D eigenvalue weighted by atomic mass is 9.98. The van der Waals surface area contributed by atoms with Gasteiger partial charge in [-0.25, -0.2) is 0 Å². The molecule has 1 N–H and O–H groups in total. The molecule has 2 aromatic rings. The Balaban J connectivity index is 1.94. The first kappa shape index (κ1) is 15.6. The maximum absolute atomic E-state index is 12.0. The molecule has 0 bridgehead atoms. The smallest absolute Gasteiger partial charge is 0.228 e. The second-order valence-corrected chi connectivity index (χ2v) is 5.72. The predicted molar refractivity (Wildman–Crippen MR) is 88.9 cm³/mol. The monoisotopic (exact) mass is 301 g/mol. The number of carbonyl (C=O) groups excluding carboxylic acids is 1. The Kier molecular flexibility index (Phi) is 5.40. The van der Waals surface area contributed by atoms with Crippen molar-refractivity contribution in [2.75, 3.05) is 5.32 Å². The second kappa shape index (κ2) is 7.28. The standard InChI is InChI=1S/C18H20ClNO/c1-3-13(2)15-6-10-17(11-7-15)20-18(21)12-14-4-8-16(19)9-5-14/h4-11,13H,3,12H2,1-2H3,(H,20,21)/t13-/m1/s1. The number of halogens is 1. The van der Waals surface area contributed by atoms with E-state index in [9.17, 15) is 4.79 Å². The van der Waals surface area contributed by atoms with E-state index in [-0.39, 0.29) is 5.91 Å². The van der Waals surface area contributed by atoms with Crippen LogP contribution < -0.4 is 5.32 Å². The molecule has 0 fully saturated rings. The molecular formula is C18H20ClNO. The van der Waals surface area contributed by atoms with Gasteiger partial charge in [0.25, 0.3) is 0 Å². The van der Waals surface area contributed by atoms with Crippen molar-refractivity contribution in [1.82, 2.24) is 0 Å². The molecular weight excluding hydrogens is 282 g/mol. The van der Waals surface area contributed by atoms with Crippen LogP contribution in [0.2, 0.25) is 5.02 Å². The highest BCUT2D eigenvalue weighted by Crippen LogP contribution is 2.20. The molecule has 2 rings (SSSR count). The Bertz CT molecular complexity index is 590. The highest BCUT2D eigenvalue weighted by Gasteiger charge is 2.06. The predicted octanol–water partition coefficient (Wildman–Crippen LogP) is 5.03. The summed E-state index contributed by atoms with van der Waals surface area (Å²) in [5.74, 6) is 0.525. The molecule has 21 heavy (non-hydrogen) atoms. The fraction of sp³-hybridized carbons (Fsp3) is 0.278. The van der Waals surface area contributed by atoms with Crippen LogP contribution in [-0.2, 0) is 11.2 Å². The third-order valence-electron chi connectivity index (χ3n) is 3.65. The Morgan fingerprint density at radius 3 is 2.29 bits per heavy atom. The van der Waals surface area contributed by atoms with Crippen LogP contribution in [-0.4, -0.2) is 5.91 Å². The van der Waals surface area contributed by atoms with Gasteiger partial charge in [-0.3, -0.25) is 4.79 Å². The van der Waals surface area contributed by atoms with E-state index in [0.29, 0.717) is 17.4 Å². The summed E-state index contributed by atoms with van der Waals surface area (Å²) < 4.78 is 0. The largest absolute Gasteiger partial charge is 0.326 e. The van der Waals surface area contributed by atoms with E-state index in [2.05, 4.69) is 31.3 Å². The van der Waals surface area contributed by atoms with Crippen molar-refractivity contribution in [3.05, 3.63) is 64.7 Å². The quantitative estimate of drug-likeness (QED) is 0.824. The number of amides is 1. The summed E-state index contributed by atoms with van der Waals surface area (Å²) in [6.07, 6.45) is 1.46. The molecule has 0 radical (unpaired) electrons. The minimum absolute atomic E-state index is 0.0198. The number of carbonyl (C=O) groups is 1. The fourth-order valence-electron chi connectivity index (χ4n) is 2.12. The topological polar surface area (TPSA) is 29.1 Å². The molecule has 110 valence electrons. The van der Waals surface area contributed by atoms with E-state index in [4.69, 9.17) is 11.6 Å². The summed E-state index contributed by atoms with van der Waals surface area (Å²) in [7, 11) is 0. The van der Waals surface area contributed by atoms with Crippen molar-refractivity contribution in [3.63, 3.8) is 0 Å². The van der Waals surface area contributed by atoms with Crippen LogP contribution in [0.4, 0.5) is 5.69 Å². The number of rotatable bonds is 5. The second-order valence-electron chi connectivity index (χ2n) is 5.28. The summed E-state index contributed by atoms with van der Waals surface area (Å²) in [4.78, 5) is 12.0. The Hall–Kier alpha value is -1.80. The SMILES string of the molecule is CC[C@@H](C)c1ccc(NC(=O)Cc2ccc(Cl)cc2)cc1. The van der Waals surface area contributed by atoms with Crippen molar-refractivity contribution in [3.8, 4) is 0 Å². The molecule has 0 aliphatic rings. The summed E-state index contributed by atoms with van der Waals surface area (Å²) in [5.41, 5.74) is 3.09. The molecule has 0 aromatic heterocycles. The molecule has 0 unspecified atom stereocenters. The van der Waals surface area contributed by atoms with Crippen LogP contribution in [0.25, 0.3) is 0 Å². The molecule has 2 aromatic carbocycles. The van der Waals surface area contributed by atoms with E-state index < -0.39 is 0 Å². The zero-order valence-corrected chi connectivity index (χ0v) is 13.2. The summed E-state index contributed by atoms with van der Waals surface area (Å²) >= 11 is 5.83. The number of benzene rings is 2. The van der Waals surface area contributed by atoms with Crippen LogP contribution in [0.15, 0.2) is 48.5 Å². The number of hydrogen-bond acceptors (Lipinski definition) is 1. The Morgan fingerprint density at radius 2 is 1.71 bits per heavy atom. The molecule has 0 saturated carbocycles. The lowest BCUT2D eigenvalue weighted by Gasteiger charge is -2.10. The third kappa shape index (κ3) is 4.61. The first-order valence-electron chi connectivity index (χ1n) is 7.22. The minimum Gasteiger partial charge on any atom is -0.326 e. The molecule has 0 aliphatic heterocycles. The van der Waals surface area contributed by atoms with Crippen LogP contribution >= 0.6 is 11.6 Å². The highest BCUT2D eigenvalue weighted by molar-refractivity contribution is 6.30. The normalized spacial score (nSPS) is 12.0. The zero-order valence-electron chi connectivity index (χ0n) is 12.4. The molecule has 0 spiro atoms. The number of nitrogens with one attached hydrogen (secondary N) is 1. The van der Waals surface area contributed by atoms with Crippen LogP contribution in [0.1, 0.15) is 37.3 Å². The van der Waals surface area contributed by atoms with Gasteiger partial charge in [0.05, 0.1) is 6.42 Å². The molecule has 0 heterocycles. The van der Waals surface area contributed by atoms with Gasteiger partial charge < -0.3 is 5.32 Å². The molecule has 0 saturated heterocycles. The third-order valence-corrected chi connectivity index (χ3v) is 3.91. The fourth-order valence-corrected chi connectivity index (χ4v) is 2.25. The maximum atomic E-state index is 12.0. The van der Waals surface area contributed by atoms with Gasteiger partial charge in [0, 0.05) is 10.7 Å². The Morgan fingerprint density at radius 1 is 1.10 bits per heavy atom. The van der Waals surface area contributed by atoms with Gasteiger partial charge >= 0.3 is 0 Å². The van der Waals surface area contributed by atoms with Gasteiger partial charge in [-0.15, -0.1) is 0 Å². The van der Waals surface area contributed by atoms with Crippen LogP contribution in [0.3, 0.4) is 0 Å². The summed E-state index contributed by atoms with van der Waals surface area (Å²) in [6.45, 7) is 4.38. The highest BCUT2D eigenvalue weighted by atomic mass is 35.5. The van der Waals surface area contributed by atoms with Gasteiger partial charge in [-0.05, 0) is 47.7 Å².